The van der Waals surface area contributed by atoms with E-state index in [2.05, 4.69) is 19.2 Å². The summed E-state index contributed by atoms with van der Waals surface area (Å²) in [7, 11) is 0. The first-order valence-corrected chi connectivity index (χ1v) is 6.19. The van der Waals surface area contributed by atoms with Crippen LogP contribution in [0.3, 0.4) is 0 Å². The molecule has 1 fully saturated rings. The zero-order chi connectivity index (χ0) is 10.2. The molecule has 0 aromatic rings. The molecule has 2 heteroatoms. The molecule has 0 aromatic heterocycles. The summed E-state index contributed by atoms with van der Waals surface area (Å²) in [5.74, 6) is 0.887. The molecule has 1 rings (SSSR count). The van der Waals surface area contributed by atoms with Gasteiger partial charge in [-0.25, -0.2) is 0 Å². The van der Waals surface area contributed by atoms with Gasteiger partial charge in [0.1, 0.15) is 0 Å². The lowest BCUT2D eigenvalue weighted by molar-refractivity contribution is 0.0750. The Balaban J connectivity index is 2.14. The van der Waals surface area contributed by atoms with Crippen molar-refractivity contribution in [2.45, 2.75) is 52.0 Å². The molecule has 1 aliphatic carbocycles. The van der Waals surface area contributed by atoms with Crippen molar-refractivity contribution >= 4 is 0 Å². The Morgan fingerprint density at radius 1 is 1.29 bits per heavy atom. The van der Waals surface area contributed by atoms with Crippen LogP contribution < -0.4 is 5.32 Å². The molecule has 0 heterocycles. The van der Waals surface area contributed by atoms with Crippen molar-refractivity contribution < 1.29 is 4.74 Å². The van der Waals surface area contributed by atoms with Gasteiger partial charge in [-0.15, -0.1) is 0 Å². The molecule has 1 atom stereocenters. The summed E-state index contributed by atoms with van der Waals surface area (Å²) in [6.07, 6.45) is 6.57. The average molecular weight is 199 g/mol. The number of ether oxygens (including phenoxy) is 1. The lowest BCUT2D eigenvalue weighted by Crippen LogP contribution is -2.43. The number of nitrogens with one attached hydrogen (secondary N) is 1. The molecule has 1 saturated carbocycles. The van der Waals surface area contributed by atoms with Gasteiger partial charge in [0.05, 0.1) is 6.61 Å². The molecule has 1 N–H and O–H groups in total. The number of rotatable bonds is 8. The summed E-state index contributed by atoms with van der Waals surface area (Å²) >= 11 is 0. The maximum Gasteiger partial charge on any atom is 0.0622 e. The van der Waals surface area contributed by atoms with E-state index in [0.29, 0.717) is 6.04 Å². The molecular weight excluding hydrogens is 174 g/mol. The van der Waals surface area contributed by atoms with Crippen molar-refractivity contribution in [2.75, 3.05) is 19.8 Å². The third-order valence-electron chi connectivity index (χ3n) is 3.02. The van der Waals surface area contributed by atoms with E-state index in [0.717, 1.165) is 32.1 Å². The van der Waals surface area contributed by atoms with Crippen LogP contribution in [0.2, 0.25) is 0 Å². The molecule has 0 radical (unpaired) electrons. The van der Waals surface area contributed by atoms with Gasteiger partial charge in [-0.05, 0) is 38.1 Å². The van der Waals surface area contributed by atoms with Crippen molar-refractivity contribution in [1.82, 2.24) is 5.32 Å². The molecular formula is C12H25NO. The smallest absolute Gasteiger partial charge is 0.0622 e. The number of hydrogen-bond acceptors (Lipinski definition) is 2. The molecule has 0 aliphatic heterocycles. The van der Waals surface area contributed by atoms with Gasteiger partial charge in [0, 0.05) is 12.6 Å². The molecule has 2 nitrogen and oxygen atoms in total. The van der Waals surface area contributed by atoms with Crippen molar-refractivity contribution in [2.24, 2.45) is 5.92 Å². The first kappa shape index (κ1) is 12.0. The zero-order valence-electron chi connectivity index (χ0n) is 9.72. The highest BCUT2D eigenvalue weighted by molar-refractivity contribution is 4.82. The minimum Gasteiger partial charge on any atom is -0.380 e. The topological polar surface area (TPSA) is 21.3 Å². The largest absolute Gasteiger partial charge is 0.380 e. The van der Waals surface area contributed by atoms with E-state index >= 15 is 0 Å². The van der Waals surface area contributed by atoms with Crippen molar-refractivity contribution in [3.8, 4) is 0 Å². The van der Waals surface area contributed by atoms with Gasteiger partial charge in [0.2, 0.25) is 0 Å². The van der Waals surface area contributed by atoms with Gasteiger partial charge in [0.25, 0.3) is 0 Å². The molecule has 0 saturated heterocycles. The predicted molar refractivity (Wildman–Crippen MR) is 60.5 cm³/mol. The Bertz CT molecular complexity index is 134. The van der Waals surface area contributed by atoms with Crippen LogP contribution >= 0.6 is 0 Å². The highest BCUT2D eigenvalue weighted by atomic mass is 16.5. The molecule has 14 heavy (non-hydrogen) atoms. The normalized spacial score (nSPS) is 19.3. The molecule has 1 aliphatic rings. The fourth-order valence-corrected chi connectivity index (χ4v) is 1.89. The van der Waals surface area contributed by atoms with E-state index in [4.69, 9.17) is 4.74 Å². The van der Waals surface area contributed by atoms with Crippen LogP contribution in [-0.4, -0.2) is 25.8 Å². The summed E-state index contributed by atoms with van der Waals surface area (Å²) < 4.78 is 5.64. The molecule has 84 valence electrons. The fraction of sp³-hybridized carbons (Fsp3) is 1.00. The Hall–Kier alpha value is -0.0800. The first-order chi connectivity index (χ1) is 6.88. The van der Waals surface area contributed by atoms with Crippen molar-refractivity contribution in [3.63, 3.8) is 0 Å². The van der Waals surface area contributed by atoms with Crippen LogP contribution in [0.1, 0.15) is 46.0 Å². The van der Waals surface area contributed by atoms with E-state index < -0.39 is 0 Å². The van der Waals surface area contributed by atoms with Crippen molar-refractivity contribution in [3.05, 3.63) is 0 Å². The minimum atomic E-state index is 0.621. The van der Waals surface area contributed by atoms with E-state index in [1.807, 2.05) is 0 Å². The Morgan fingerprint density at radius 3 is 2.57 bits per heavy atom. The van der Waals surface area contributed by atoms with Gasteiger partial charge < -0.3 is 10.1 Å². The van der Waals surface area contributed by atoms with Crippen molar-refractivity contribution in [1.29, 1.82) is 0 Å². The van der Waals surface area contributed by atoms with Gasteiger partial charge in [-0.1, -0.05) is 20.3 Å². The van der Waals surface area contributed by atoms with Crippen LogP contribution in [-0.2, 0) is 4.74 Å². The highest BCUT2D eigenvalue weighted by Gasteiger charge is 2.26. The maximum absolute atomic E-state index is 5.64. The average Bonchev–Trinajstić information content (AvgIpc) is 2.11. The second-order valence-electron chi connectivity index (χ2n) is 4.33. The van der Waals surface area contributed by atoms with Crippen LogP contribution in [0, 0.1) is 5.92 Å². The molecule has 0 aromatic carbocycles. The molecule has 1 unspecified atom stereocenters. The quantitative estimate of drug-likeness (QED) is 0.607. The summed E-state index contributed by atoms with van der Waals surface area (Å²) in [5.41, 5.74) is 0. The standard InChI is InChI=1S/C12H25NO/c1-3-8-13-12(10-14-9-4-2)11-6-5-7-11/h11-13H,3-10H2,1-2H3. The van der Waals surface area contributed by atoms with Crippen LogP contribution in [0.15, 0.2) is 0 Å². The first-order valence-electron chi connectivity index (χ1n) is 6.19. The van der Waals surface area contributed by atoms with Gasteiger partial charge in [-0.3, -0.25) is 0 Å². The van der Waals surface area contributed by atoms with Gasteiger partial charge in [-0.2, -0.15) is 0 Å². The summed E-state index contributed by atoms with van der Waals surface area (Å²) in [5, 5.41) is 3.61. The molecule has 0 spiro atoms. The van der Waals surface area contributed by atoms with Crippen LogP contribution in [0.25, 0.3) is 0 Å². The fourth-order valence-electron chi connectivity index (χ4n) is 1.89. The second-order valence-corrected chi connectivity index (χ2v) is 4.33. The van der Waals surface area contributed by atoms with E-state index in [9.17, 15) is 0 Å². The second kappa shape index (κ2) is 7.24. The SMILES string of the molecule is CCCNC(COCCC)C1CCC1. The van der Waals surface area contributed by atoms with E-state index in [1.165, 1.54) is 25.7 Å². The summed E-state index contributed by atoms with van der Waals surface area (Å²) in [6.45, 7) is 7.35. The maximum atomic E-state index is 5.64. The Kier molecular flexibility index (Phi) is 6.20. The number of hydrogen-bond donors (Lipinski definition) is 1. The predicted octanol–water partition coefficient (Wildman–Crippen LogP) is 2.58. The molecule has 0 amide bonds. The third-order valence-corrected chi connectivity index (χ3v) is 3.02. The summed E-state index contributed by atoms with van der Waals surface area (Å²) in [4.78, 5) is 0. The van der Waals surface area contributed by atoms with Gasteiger partial charge in [0.15, 0.2) is 0 Å². The lowest BCUT2D eigenvalue weighted by Gasteiger charge is -2.34. The van der Waals surface area contributed by atoms with Crippen LogP contribution in [0.4, 0.5) is 0 Å². The highest BCUT2D eigenvalue weighted by Crippen LogP contribution is 2.29. The third kappa shape index (κ3) is 3.97. The Labute approximate surface area is 88.4 Å². The monoisotopic (exact) mass is 199 g/mol. The summed E-state index contributed by atoms with van der Waals surface area (Å²) in [6, 6.07) is 0.621. The zero-order valence-corrected chi connectivity index (χ0v) is 9.72. The Morgan fingerprint density at radius 2 is 2.07 bits per heavy atom. The van der Waals surface area contributed by atoms with E-state index in [-0.39, 0.29) is 0 Å². The lowest BCUT2D eigenvalue weighted by atomic mass is 9.80. The molecule has 0 bridgehead atoms. The van der Waals surface area contributed by atoms with E-state index in [1.54, 1.807) is 0 Å². The van der Waals surface area contributed by atoms with Crippen LogP contribution in [0.5, 0.6) is 0 Å². The minimum absolute atomic E-state index is 0.621. The van der Waals surface area contributed by atoms with Gasteiger partial charge >= 0.3 is 0 Å².